The maximum Gasteiger partial charge on any atom is 0.336 e. The number of amides is 4. The van der Waals surface area contributed by atoms with Crippen molar-refractivity contribution in [1.29, 1.82) is 0 Å². The number of ether oxygens (including phenoxy) is 8. The molecule has 1 aliphatic carbocycles. The van der Waals surface area contributed by atoms with E-state index in [1.165, 1.54) is 23.7 Å². The second-order valence-electron chi connectivity index (χ2n) is 22.2. The van der Waals surface area contributed by atoms with Crippen molar-refractivity contribution in [3.05, 3.63) is 112 Å². The molecule has 0 saturated carbocycles. The van der Waals surface area contributed by atoms with Gasteiger partial charge in [-0.1, -0.05) is 17.3 Å². The first-order chi connectivity index (χ1) is 45.2. The van der Waals surface area contributed by atoms with E-state index in [-0.39, 0.29) is 54.8 Å². The molecule has 3 heterocycles. The number of rotatable bonds is 43. The van der Waals surface area contributed by atoms with E-state index in [9.17, 15) is 39.3 Å². The molecule has 506 valence electrons. The van der Waals surface area contributed by atoms with Crippen molar-refractivity contribution in [2.75, 3.05) is 123 Å². The predicted octanol–water partition coefficient (Wildman–Crippen LogP) is 6.33. The zero-order chi connectivity index (χ0) is 66.2. The number of benzene rings is 4. The van der Waals surface area contributed by atoms with Crippen LogP contribution in [0.2, 0.25) is 0 Å². The van der Waals surface area contributed by atoms with Crippen LogP contribution in [0.1, 0.15) is 116 Å². The minimum absolute atomic E-state index is 0.00719. The number of unbranched alkanes of at least 4 members (excludes halogenated alkanes) is 2. The zero-order valence-electron chi connectivity index (χ0n) is 53.8. The Morgan fingerprint density at radius 2 is 1.43 bits per heavy atom. The second-order valence-corrected chi connectivity index (χ2v) is 22.2. The molecule has 4 atom stereocenters. The molecule has 26 heteroatoms. The van der Waals surface area contributed by atoms with E-state index in [1.54, 1.807) is 24.4 Å². The minimum atomic E-state index is -1.17. The fourth-order valence-corrected chi connectivity index (χ4v) is 10.3. The number of aromatic nitrogens is 3. The van der Waals surface area contributed by atoms with Crippen molar-refractivity contribution in [3.8, 4) is 22.5 Å². The van der Waals surface area contributed by atoms with Crippen molar-refractivity contribution in [2.45, 2.75) is 117 Å². The van der Waals surface area contributed by atoms with Gasteiger partial charge in [0.2, 0.25) is 17.7 Å². The molecule has 1 unspecified atom stereocenters. The molecule has 26 nitrogen and oxygen atoms in total. The third-order valence-corrected chi connectivity index (χ3v) is 15.0. The highest BCUT2D eigenvalue weighted by Gasteiger charge is 2.28. The maximum atomic E-state index is 14.2. The molecule has 8 N–H and O–H groups in total. The highest BCUT2D eigenvalue weighted by molar-refractivity contribution is 6.09. The summed E-state index contributed by atoms with van der Waals surface area (Å²) in [7, 11) is 0. The smallest absolute Gasteiger partial charge is 0.336 e. The summed E-state index contributed by atoms with van der Waals surface area (Å²) in [6.45, 7) is 15.0. The van der Waals surface area contributed by atoms with Gasteiger partial charge >= 0.3 is 5.97 Å². The molecule has 93 heavy (non-hydrogen) atoms. The number of carboxylic acid groups (broad SMARTS) is 1. The Morgan fingerprint density at radius 3 is 2.10 bits per heavy atom. The number of hydrogen-bond donors (Lipinski definition) is 8. The number of carboxylic acids is 1. The van der Waals surface area contributed by atoms with Crippen LogP contribution in [0.25, 0.3) is 33.4 Å². The molecule has 4 amide bonds. The number of aliphatic hydroxyl groups excluding tert-OH is 2. The van der Waals surface area contributed by atoms with Gasteiger partial charge in [-0.15, -0.1) is 5.10 Å². The first-order valence-corrected chi connectivity index (χ1v) is 32.0. The molecule has 3 aliphatic rings. The number of aromatic carboxylic acids is 1. The van der Waals surface area contributed by atoms with Gasteiger partial charge in [0, 0.05) is 105 Å². The summed E-state index contributed by atoms with van der Waals surface area (Å²) in [5, 5.41) is 55.4. The molecule has 4 aromatic rings. The number of aliphatic hydroxyl groups is 2. The van der Waals surface area contributed by atoms with Gasteiger partial charge < -0.3 is 84.2 Å². The van der Waals surface area contributed by atoms with E-state index in [0.29, 0.717) is 201 Å². The van der Waals surface area contributed by atoms with Gasteiger partial charge in [0.1, 0.15) is 23.1 Å². The van der Waals surface area contributed by atoms with Crippen LogP contribution in [-0.2, 0) is 65.2 Å². The molecule has 7 rings (SSSR count). The van der Waals surface area contributed by atoms with Gasteiger partial charge in [-0.2, -0.15) is 0 Å². The molecular formula is C67H91N9O17. The molecule has 1 aromatic heterocycles. The van der Waals surface area contributed by atoms with Crippen LogP contribution in [-0.4, -0.2) is 191 Å². The SMILES string of the molecule is CC/N=c1\ccc2c(-c3cc(C(=O)NCc4cn(C(CCCCNC(=O)CCCCOCCOCCOCCOCCOCCOCCNC(C)=O)C(=O)Nc5ccc(CCO[C@@H]6C[C@H](O)C[C@H](O)O6)cc5)nn4)ccc3C(=O)O)c3cc(C)c(NCC)cc3oc-2c1. The number of carbonyl (C=O) groups is 5. The maximum absolute atomic E-state index is 14.2. The fourth-order valence-electron chi connectivity index (χ4n) is 10.3. The first-order valence-electron chi connectivity index (χ1n) is 32.0. The number of fused-ring (bicyclic) bond motifs is 2. The average molecular weight is 1290 g/mol. The van der Waals surface area contributed by atoms with Crippen molar-refractivity contribution in [2.24, 2.45) is 4.99 Å². The summed E-state index contributed by atoms with van der Waals surface area (Å²) < 4.78 is 52.1. The minimum Gasteiger partial charge on any atom is -0.478 e. The Hall–Kier alpha value is -7.76. The molecule has 2 aliphatic heterocycles. The van der Waals surface area contributed by atoms with E-state index in [1.807, 2.05) is 63.2 Å². The number of nitrogens with zero attached hydrogens (tertiary/aromatic N) is 4. The molecular weight excluding hydrogens is 1200 g/mol. The third-order valence-electron chi connectivity index (χ3n) is 15.0. The Labute approximate surface area is 541 Å². The predicted molar refractivity (Wildman–Crippen MR) is 346 cm³/mol. The van der Waals surface area contributed by atoms with E-state index >= 15 is 0 Å². The summed E-state index contributed by atoms with van der Waals surface area (Å²) >= 11 is 0. The largest absolute Gasteiger partial charge is 0.478 e. The van der Waals surface area contributed by atoms with Crippen LogP contribution in [0, 0.1) is 6.92 Å². The lowest BCUT2D eigenvalue weighted by Crippen LogP contribution is -2.37. The average Bonchev–Trinajstić information content (AvgIpc) is 1.02. The lowest BCUT2D eigenvalue weighted by atomic mass is 9.89. The summed E-state index contributed by atoms with van der Waals surface area (Å²) in [5.74, 6) is -1.70. The number of anilines is 2. The van der Waals surface area contributed by atoms with Gasteiger partial charge in [0.15, 0.2) is 12.6 Å². The molecule has 1 fully saturated rings. The van der Waals surface area contributed by atoms with Crippen LogP contribution in [0.5, 0.6) is 0 Å². The molecule has 3 aromatic carbocycles. The number of hydrogen-bond acceptors (Lipinski definition) is 20. The number of nitrogens with one attached hydrogen (secondary N) is 5. The van der Waals surface area contributed by atoms with Crippen molar-refractivity contribution in [1.82, 2.24) is 30.9 Å². The second kappa shape index (κ2) is 39.7. The number of aryl methyl sites for hydroxylation is 1. The van der Waals surface area contributed by atoms with E-state index < -0.39 is 36.6 Å². The molecule has 0 spiro atoms. The quantitative estimate of drug-likeness (QED) is 0.0153. The normalized spacial score (nSPS) is 15.3. The van der Waals surface area contributed by atoms with Crippen LogP contribution in [0.15, 0.2) is 88.4 Å². The van der Waals surface area contributed by atoms with Gasteiger partial charge in [0.05, 0.1) is 109 Å². The highest BCUT2D eigenvalue weighted by Crippen LogP contribution is 2.43. The molecule has 0 radical (unpaired) electrons. The van der Waals surface area contributed by atoms with Gasteiger partial charge in [-0.25, -0.2) is 9.48 Å². The van der Waals surface area contributed by atoms with Crippen LogP contribution >= 0.6 is 0 Å². The van der Waals surface area contributed by atoms with Gasteiger partial charge in [0.25, 0.3) is 5.91 Å². The van der Waals surface area contributed by atoms with Crippen LogP contribution in [0.3, 0.4) is 0 Å². The summed E-state index contributed by atoms with van der Waals surface area (Å²) in [6, 6.07) is 20.3. The number of carbonyl (C=O) groups excluding carboxylic acids is 4. The lowest BCUT2D eigenvalue weighted by molar-refractivity contribution is -0.268. The Kier molecular flexibility index (Phi) is 31.0. The third kappa shape index (κ3) is 24.6. The van der Waals surface area contributed by atoms with E-state index in [4.69, 9.17) is 42.3 Å². The van der Waals surface area contributed by atoms with Crippen molar-refractivity contribution >= 4 is 51.9 Å². The Morgan fingerprint density at radius 1 is 0.731 bits per heavy atom. The fraction of sp³-hybridized carbons (Fsp3) is 0.522. The summed E-state index contributed by atoms with van der Waals surface area (Å²) in [6.07, 6.45) is 3.14. The monoisotopic (exact) mass is 1290 g/mol. The summed E-state index contributed by atoms with van der Waals surface area (Å²) in [5.41, 5.74) is 5.87. The van der Waals surface area contributed by atoms with Crippen LogP contribution < -0.4 is 31.9 Å². The lowest BCUT2D eigenvalue weighted by Gasteiger charge is -2.30. The van der Waals surface area contributed by atoms with Crippen molar-refractivity contribution < 1.29 is 81.6 Å². The standard InChI is InChI=1S/C67H91N9O17/c1-5-68-50-18-20-54-59(39-50)92-60-42-57(69-6-2)45(3)37-56(60)64(54)55-38-48(15-19-53(55)67(83)84)65(81)72-43-51-44-76(75-74-51)58(66(82)73-49-16-13-47(14-17-49)21-25-91-63-41-52(78)40-62(80)93-63)11-7-9-22-71-61(79)12-8-10-24-85-27-29-87-31-33-89-35-36-90-34-32-88-30-28-86-26-23-70-46(4)77/h13-20,37-39,42,44,52,58,62-63,69,78,80H,5-12,21-36,40-41,43H2,1-4H3,(H,70,77)(H,71,79)(H,72,81)(H,73,82)(H,83,84)/b68-50+/t52-,58?,62-,63+/m1/s1. The van der Waals surface area contributed by atoms with E-state index in [2.05, 4.69) is 41.9 Å². The highest BCUT2D eigenvalue weighted by atomic mass is 16.7. The van der Waals surface area contributed by atoms with E-state index in [0.717, 1.165) is 16.8 Å². The van der Waals surface area contributed by atoms with Gasteiger partial charge in [-0.3, -0.25) is 24.2 Å². The first kappa shape index (κ1) is 72.7. The molecule has 1 saturated heterocycles. The van der Waals surface area contributed by atoms with Crippen molar-refractivity contribution in [3.63, 3.8) is 0 Å². The summed E-state index contributed by atoms with van der Waals surface area (Å²) in [4.78, 5) is 69.4. The topological polar surface area (TPSA) is 336 Å². The zero-order valence-corrected chi connectivity index (χ0v) is 53.8. The van der Waals surface area contributed by atoms with Crippen LogP contribution in [0.4, 0.5) is 11.4 Å². The Bertz CT molecular complexity index is 3330. The van der Waals surface area contributed by atoms with Gasteiger partial charge in [-0.05, 0) is 125 Å². The molecule has 0 bridgehead atoms. The Balaban J connectivity index is 0.877.